The Kier molecular flexibility index (Phi) is 4.03. The maximum Gasteiger partial charge on any atom is 0.276 e. The van der Waals surface area contributed by atoms with Crippen LogP contribution in [0, 0.1) is 6.92 Å². The van der Waals surface area contributed by atoms with Gasteiger partial charge in [0.25, 0.3) is 5.89 Å². The van der Waals surface area contributed by atoms with Gasteiger partial charge in [-0.15, -0.1) is 0 Å². The molecule has 4 rings (SSSR count). The van der Waals surface area contributed by atoms with E-state index < -0.39 is 0 Å². The maximum atomic E-state index is 6.19. The first-order valence-corrected chi connectivity index (χ1v) is 8.28. The second kappa shape index (κ2) is 6.35. The van der Waals surface area contributed by atoms with Crippen molar-refractivity contribution in [1.82, 2.24) is 20.3 Å². The second-order valence-corrected chi connectivity index (χ2v) is 6.42. The third kappa shape index (κ3) is 3.16. The van der Waals surface area contributed by atoms with Crippen LogP contribution in [0.4, 0.5) is 0 Å². The summed E-state index contributed by atoms with van der Waals surface area (Å²) in [5.41, 5.74) is 4.30. The number of nitrogens with one attached hydrogen (secondary N) is 1. The average Bonchev–Trinajstić information content (AvgIpc) is 3.24. The third-order valence-corrected chi connectivity index (χ3v) is 4.30. The van der Waals surface area contributed by atoms with E-state index in [1.165, 1.54) is 5.56 Å². The van der Waals surface area contributed by atoms with Crippen LogP contribution in [-0.2, 0) is 0 Å². The molecule has 25 heavy (non-hydrogen) atoms. The van der Waals surface area contributed by atoms with Crippen LogP contribution in [0.3, 0.4) is 0 Å². The Hall–Kier alpha value is -2.63. The minimum Gasteiger partial charge on any atom is -0.332 e. The Morgan fingerprint density at radius 3 is 2.56 bits per heavy atom. The minimum absolute atomic E-state index is 0.340. The highest BCUT2D eigenvalue weighted by atomic mass is 35.5. The second-order valence-electron chi connectivity index (χ2n) is 5.58. The average molecular weight is 371 g/mol. The van der Waals surface area contributed by atoms with Gasteiger partial charge in [0, 0.05) is 16.1 Å². The van der Waals surface area contributed by atoms with Gasteiger partial charge in [-0.1, -0.05) is 58.2 Å². The Morgan fingerprint density at radius 2 is 1.80 bits per heavy atom. The first-order valence-electron chi connectivity index (χ1n) is 7.52. The normalized spacial score (nSPS) is 11.0. The molecule has 7 heteroatoms. The zero-order chi connectivity index (χ0) is 17.4. The third-order valence-electron chi connectivity index (χ3n) is 3.75. The molecule has 0 spiro atoms. The van der Waals surface area contributed by atoms with Crippen LogP contribution < -0.4 is 0 Å². The molecule has 0 saturated carbocycles. The fourth-order valence-corrected chi connectivity index (χ4v) is 2.91. The van der Waals surface area contributed by atoms with Gasteiger partial charge in [-0.25, -0.2) is 0 Å². The van der Waals surface area contributed by atoms with Crippen LogP contribution >= 0.6 is 23.2 Å². The van der Waals surface area contributed by atoms with Crippen LogP contribution in [0.5, 0.6) is 0 Å². The van der Waals surface area contributed by atoms with E-state index in [0.717, 1.165) is 11.3 Å². The number of aromatic nitrogens is 4. The van der Waals surface area contributed by atoms with Crippen molar-refractivity contribution in [2.24, 2.45) is 0 Å². The van der Waals surface area contributed by atoms with Crippen molar-refractivity contribution >= 4 is 23.2 Å². The van der Waals surface area contributed by atoms with Gasteiger partial charge in [-0.3, -0.25) is 5.10 Å². The molecule has 1 N–H and O–H groups in total. The summed E-state index contributed by atoms with van der Waals surface area (Å²) in [5, 5.41) is 12.2. The lowest BCUT2D eigenvalue weighted by Crippen LogP contribution is -1.83. The number of aryl methyl sites for hydroxylation is 1. The van der Waals surface area contributed by atoms with E-state index in [1.54, 1.807) is 18.2 Å². The van der Waals surface area contributed by atoms with Crippen molar-refractivity contribution in [3.05, 3.63) is 64.1 Å². The van der Waals surface area contributed by atoms with Crippen molar-refractivity contribution in [3.8, 4) is 34.2 Å². The molecule has 0 atom stereocenters. The number of nitrogens with zero attached hydrogens (tertiary/aromatic N) is 3. The number of hydrogen-bond donors (Lipinski definition) is 1. The summed E-state index contributed by atoms with van der Waals surface area (Å²) in [6.07, 6.45) is 0. The Labute approximate surface area is 153 Å². The zero-order valence-electron chi connectivity index (χ0n) is 13.1. The molecule has 0 saturated heterocycles. The van der Waals surface area contributed by atoms with E-state index in [-0.39, 0.29) is 0 Å². The molecular formula is C18H12Cl2N4O. The molecule has 2 heterocycles. The number of H-pyrrole nitrogens is 1. The predicted octanol–water partition coefficient (Wildman–Crippen LogP) is 5.41. The summed E-state index contributed by atoms with van der Waals surface area (Å²) in [7, 11) is 0. The van der Waals surface area contributed by atoms with Crippen LogP contribution in [0.15, 0.2) is 53.1 Å². The molecule has 0 aliphatic heterocycles. The van der Waals surface area contributed by atoms with Crippen LogP contribution in [0.25, 0.3) is 34.2 Å². The van der Waals surface area contributed by atoms with Gasteiger partial charge in [-0.2, -0.15) is 10.1 Å². The van der Waals surface area contributed by atoms with E-state index in [9.17, 15) is 0 Å². The summed E-state index contributed by atoms with van der Waals surface area (Å²) in [4.78, 5) is 4.39. The summed E-state index contributed by atoms with van der Waals surface area (Å²) < 4.78 is 5.33. The van der Waals surface area contributed by atoms with Crippen molar-refractivity contribution in [3.63, 3.8) is 0 Å². The predicted molar refractivity (Wildman–Crippen MR) is 97.5 cm³/mol. The van der Waals surface area contributed by atoms with Crippen molar-refractivity contribution in [2.75, 3.05) is 0 Å². The van der Waals surface area contributed by atoms with Crippen molar-refractivity contribution < 1.29 is 4.52 Å². The smallest absolute Gasteiger partial charge is 0.276 e. The van der Waals surface area contributed by atoms with E-state index >= 15 is 0 Å². The van der Waals surface area contributed by atoms with Gasteiger partial charge in [-0.05, 0) is 31.2 Å². The lowest BCUT2D eigenvalue weighted by molar-refractivity contribution is 0.431. The molecule has 124 valence electrons. The number of rotatable bonds is 3. The molecular weight excluding hydrogens is 359 g/mol. The topological polar surface area (TPSA) is 67.6 Å². The van der Waals surface area contributed by atoms with E-state index in [0.29, 0.717) is 33.0 Å². The minimum atomic E-state index is 0.340. The molecule has 0 radical (unpaired) electrons. The molecule has 0 bridgehead atoms. The molecule has 0 amide bonds. The standard InChI is InChI=1S/C18H12Cl2N4O/c1-10-2-4-11(5-3-10)15-9-16(23-22-15)18-21-17(24-25-18)13-7-6-12(19)8-14(13)20/h2-9H,1H3,(H,22,23). The van der Waals surface area contributed by atoms with Crippen LogP contribution in [0.2, 0.25) is 10.0 Å². The number of benzene rings is 2. The molecule has 4 aromatic rings. The summed E-state index contributed by atoms with van der Waals surface area (Å²) in [6, 6.07) is 15.1. The molecule has 5 nitrogen and oxygen atoms in total. The highest BCUT2D eigenvalue weighted by Gasteiger charge is 2.15. The lowest BCUT2D eigenvalue weighted by atomic mass is 10.1. The van der Waals surface area contributed by atoms with Gasteiger partial charge >= 0.3 is 0 Å². The lowest BCUT2D eigenvalue weighted by Gasteiger charge is -1.98. The summed E-state index contributed by atoms with van der Waals surface area (Å²) in [5.74, 6) is 0.732. The van der Waals surface area contributed by atoms with E-state index in [1.807, 2.05) is 37.3 Å². The van der Waals surface area contributed by atoms with E-state index in [2.05, 4.69) is 20.3 Å². The fraction of sp³-hybridized carbons (Fsp3) is 0.0556. The summed E-state index contributed by atoms with van der Waals surface area (Å²) >= 11 is 12.1. The number of hydrogen-bond acceptors (Lipinski definition) is 4. The Bertz CT molecular complexity index is 1040. The van der Waals surface area contributed by atoms with Gasteiger partial charge in [0.05, 0.1) is 10.7 Å². The molecule has 2 aromatic carbocycles. The number of aromatic amines is 1. The molecule has 0 fully saturated rings. The van der Waals surface area contributed by atoms with Crippen molar-refractivity contribution in [1.29, 1.82) is 0 Å². The first kappa shape index (κ1) is 15.9. The Morgan fingerprint density at radius 1 is 1.00 bits per heavy atom. The quantitative estimate of drug-likeness (QED) is 0.523. The SMILES string of the molecule is Cc1ccc(-c2cc(-c3nc(-c4ccc(Cl)cc4Cl)no3)[nH]n2)cc1. The highest BCUT2D eigenvalue weighted by molar-refractivity contribution is 6.36. The van der Waals surface area contributed by atoms with Gasteiger partial charge < -0.3 is 4.52 Å². The maximum absolute atomic E-state index is 6.19. The van der Waals surface area contributed by atoms with Gasteiger partial charge in [0.1, 0.15) is 5.69 Å². The monoisotopic (exact) mass is 370 g/mol. The van der Waals surface area contributed by atoms with E-state index in [4.69, 9.17) is 27.7 Å². The van der Waals surface area contributed by atoms with Crippen LogP contribution in [0.1, 0.15) is 5.56 Å². The van der Waals surface area contributed by atoms with Gasteiger partial charge in [0.2, 0.25) is 5.82 Å². The molecule has 0 aliphatic carbocycles. The fourth-order valence-electron chi connectivity index (χ4n) is 2.42. The first-order chi connectivity index (χ1) is 12.1. The number of halogens is 2. The zero-order valence-corrected chi connectivity index (χ0v) is 14.6. The molecule has 0 aliphatic rings. The molecule has 0 unspecified atom stereocenters. The van der Waals surface area contributed by atoms with Crippen molar-refractivity contribution in [2.45, 2.75) is 6.92 Å². The van der Waals surface area contributed by atoms with Crippen LogP contribution in [-0.4, -0.2) is 20.3 Å². The van der Waals surface area contributed by atoms with Gasteiger partial charge in [0.15, 0.2) is 0 Å². The summed E-state index contributed by atoms with van der Waals surface area (Å²) in [6.45, 7) is 2.04. The highest BCUT2D eigenvalue weighted by Crippen LogP contribution is 2.30. The Balaban J connectivity index is 1.65. The largest absolute Gasteiger partial charge is 0.332 e. The molecule has 2 aromatic heterocycles.